The summed E-state index contributed by atoms with van der Waals surface area (Å²) < 4.78 is 4.98. The number of carbonyl (C=O) groups excluding carboxylic acids is 2. The van der Waals surface area contributed by atoms with Crippen LogP contribution in [-0.4, -0.2) is 42.6 Å². The molecular formula is C22H28ClN3O3S. The first-order valence-corrected chi connectivity index (χ1v) is 10.7. The van der Waals surface area contributed by atoms with Crippen LogP contribution in [0.2, 0.25) is 0 Å². The van der Waals surface area contributed by atoms with Gasteiger partial charge in [-0.1, -0.05) is 37.7 Å². The Labute approximate surface area is 188 Å². The van der Waals surface area contributed by atoms with Crippen LogP contribution in [0.3, 0.4) is 0 Å². The summed E-state index contributed by atoms with van der Waals surface area (Å²) in [5.41, 5.74) is 2.23. The van der Waals surface area contributed by atoms with E-state index < -0.39 is 6.09 Å². The molecule has 0 saturated carbocycles. The van der Waals surface area contributed by atoms with Gasteiger partial charge in [-0.2, -0.15) is 0 Å². The van der Waals surface area contributed by atoms with Gasteiger partial charge >= 0.3 is 6.09 Å². The number of ether oxygens (including phenoxy) is 1. The minimum atomic E-state index is -0.509. The predicted octanol–water partition coefficient (Wildman–Crippen LogP) is 5.54. The van der Waals surface area contributed by atoms with Crippen LogP contribution in [-0.2, 0) is 9.53 Å². The highest BCUT2D eigenvalue weighted by Crippen LogP contribution is 2.49. The van der Waals surface area contributed by atoms with Crippen molar-refractivity contribution < 1.29 is 14.3 Å². The number of para-hydroxylation sites is 1. The summed E-state index contributed by atoms with van der Waals surface area (Å²) in [5, 5.41) is 2.73. The summed E-state index contributed by atoms with van der Waals surface area (Å²) in [6, 6.07) is 13.2. The highest BCUT2D eigenvalue weighted by Gasteiger charge is 2.32. The van der Waals surface area contributed by atoms with E-state index in [4.69, 9.17) is 4.74 Å². The van der Waals surface area contributed by atoms with Gasteiger partial charge in [0.2, 0.25) is 5.91 Å². The molecule has 2 aromatic rings. The van der Waals surface area contributed by atoms with Crippen molar-refractivity contribution in [3.8, 4) is 0 Å². The molecule has 8 heteroatoms. The molecule has 6 nitrogen and oxygen atoms in total. The molecule has 1 aliphatic heterocycles. The van der Waals surface area contributed by atoms with Gasteiger partial charge in [0.05, 0.1) is 24.0 Å². The molecule has 1 aliphatic rings. The van der Waals surface area contributed by atoms with Crippen LogP contribution < -0.4 is 10.2 Å². The third kappa shape index (κ3) is 4.91. The second kappa shape index (κ2) is 10.7. The molecule has 2 amide bonds. The van der Waals surface area contributed by atoms with Crippen LogP contribution in [0.15, 0.2) is 52.3 Å². The van der Waals surface area contributed by atoms with E-state index in [0.29, 0.717) is 12.3 Å². The average molecular weight is 450 g/mol. The molecule has 0 spiro atoms. The van der Waals surface area contributed by atoms with Crippen LogP contribution in [0.25, 0.3) is 0 Å². The Morgan fingerprint density at radius 1 is 1.07 bits per heavy atom. The number of benzene rings is 2. The zero-order valence-electron chi connectivity index (χ0n) is 17.7. The van der Waals surface area contributed by atoms with E-state index >= 15 is 0 Å². The predicted molar refractivity (Wildman–Crippen MR) is 124 cm³/mol. The normalized spacial score (nSPS) is 13.0. The van der Waals surface area contributed by atoms with Crippen molar-refractivity contribution in [3.63, 3.8) is 0 Å². The monoisotopic (exact) mass is 449 g/mol. The molecule has 1 N–H and O–H groups in total. The lowest BCUT2D eigenvalue weighted by atomic mass is 10.1. The SMILES string of the molecule is CCOC(=O)Nc1ccc2c(c1)N(C(=O)C(C)N(CC)CC)c1ccccc1S2.Cl. The molecule has 0 radical (unpaired) electrons. The Morgan fingerprint density at radius 2 is 1.73 bits per heavy atom. The van der Waals surface area contributed by atoms with Crippen molar-refractivity contribution in [2.75, 3.05) is 29.9 Å². The Bertz CT molecular complexity index is 905. The first-order chi connectivity index (χ1) is 14.0. The number of fused-ring (bicyclic) bond motifs is 2. The Balaban J connectivity index is 0.00000320. The van der Waals surface area contributed by atoms with Gasteiger partial charge in [0, 0.05) is 15.5 Å². The number of nitrogens with one attached hydrogen (secondary N) is 1. The third-order valence-electron chi connectivity index (χ3n) is 4.99. The van der Waals surface area contributed by atoms with Gasteiger partial charge in [-0.3, -0.25) is 19.9 Å². The number of nitrogens with zero attached hydrogens (tertiary/aromatic N) is 2. The van der Waals surface area contributed by atoms with Crippen LogP contribution in [0.5, 0.6) is 0 Å². The summed E-state index contributed by atoms with van der Waals surface area (Å²) in [5.74, 6) is 0.0102. The van der Waals surface area contributed by atoms with Crippen molar-refractivity contribution in [1.29, 1.82) is 0 Å². The third-order valence-corrected chi connectivity index (χ3v) is 6.12. The largest absolute Gasteiger partial charge is 0.450 e. The molecule has 1 atom stereocenters. The van der Waals surface area contributed by atoms with E-state index in [-0.39, 0.29) is 24.4 Å². The van der Waals surface area contributed by atoms with Crippen LogP contribution in [0.1, 0.15) is 27.7 Å². The average Bonchev–Trinajstić information content (AvgIpc) is 2.72. The van der Waals surface area contributed by atoms with Gasteiger partial charge in [0.25, 0.3) is 0 Å². The summed E-state index contributed by atoms with van der Waals surface area (Å²) in [6.45, 7) is 9.71. The van der Waals surface area contributed by atoms with Crippen LogP contribution >= 0.6 is 24.2 Å². The quantitative estimate of drug-likeness (QED) is 0.627. The number of hydrogen-bond donors (Lipinski definition) is 1. The second-order valence-electron chi connectivity index (χ2n) is 6.67. The zero-order valence-corrected chi connectivity index (χ0v) is 19.3. The molecule has 162 valence electrons. The summed E-state index contributed by atoms with van der Waals surface area (Å²) in [6.07, 6.45) is -0.509. The molecule has 0 fully saturated rings. The van der Waals surface area contributed by atoms with Crippen LogP contribution in [0, 0.1) is 0 Å². The molecular weight excluding hydrogens is 422 g/mol. The Kier molecular flexibility index (Phi) is 8.58. The summed E-state index contributed by atoms with van der Waals surface area (Å²) >= 11 is 1.62. The maximum absolute atomic E-state index is 13.6. The second-order valence-corrected chi connectivity index (χ2v) is 7.75. The van der Waals surface area contributed by atoms with E-state index in [2.05, 4.69) is 24.1 Å². The maximum atomic E-state index is 13.6. The Hall–Kier alpha value is -2.22. The van der Waals surface area contributed by atoms with Crippen molar-refractivity contribution in [3.05, 3.63) is 42.5 Å². The molecule has 2 aromatic carbocycles. The maximum Gasteiger partial charge on any atom is 0.411 e. The molecule has 3 rings (SSSR count). The molecule has 0 aromatic heterocycles. The number of hydrogen-bond acceptors (Lipinski definition) is 5. The highest BCUT2D eigenvalue weighted by molar-refractivity contribution is 7.99. The highest BCUT2D eigenvalue weighted by atomic mass is 35.5. The topological polar surface area (TPSA) is 61.9 Å². The van der Waals surface area contributed by atoms with Gasteiger partial charge in [0.1, 0.15) is 0 Å². The minimum absolute atomic E-state index is 0. The first-order valence-electron chi connectivity index (χ1n) is 9.92. The number of anilines is 3. The number of amides is 2. The van der Waals surface area contributed by atoms with Gasteiger partial charge in [-0.15, -0.1) is 12.4 Å². The number of rotatable bonds is 6. The van der Waals surface area contributed by atoms with Gasteiger partial charge in [-0.25, -0.2) is 4.79 Å². The summed E-state index contributed by atoms with van der Waals surface area (Å²) in [7, 11) is 0. The molecule has 1 heterocycles. The van der Waals surface area contributed by atoms with Gasteiger partial charge < -0.3 is 4.74 Å². The van der Waals surface area contributed by atoms with Gasteiger partial charge in [-0.05, 0) is 57.3 Å². The Morgan fingerprint density at radius 3 is 2.40 bits per heavy atom. The number of likely N-dealkylation sites (N-methyl/N-ethyl adjacent to an activating group) is 1. The van der Waals surface area contributed by atoms with E-state index in [9.17, 15) is 9.59 Å². The molecule has 0 saturated heterocycles. The fourth-order valence-corrected chi connectivity index (χ4v) is 4.51. The fourth-order valence-electron chi connectivity index (χ4n) is 3.47. The fraction of sp³-hybridized carbons (Fsp3) is 0.364. The minimum Gasteiger partial charge on any atom is -0.450 e. The lowest BCUT2D eigenvalue weighted by Gasteiger charge is -2.35. The number of halogens is 1. The lowest BCUT2D eigenvalue weighted by molar-refractivity contribution is -0.122. The van der Waals surface area contributed by atoms with E-state index in [1.165, 1.54) is 0 Å². The smallest absolute Gasteiger partial charge is 0.411 e. The van der Waals surface area contributed by atoms with Crippen LogP contribution in [0.4, 0.5) is 21.9 Å². The zero-order chi connectivity index (χ0) is 21.0. The van der Waals surface area contributed by atoms with Crippen molar-refractivity contribution in [1.82, 2.24) is 4.90 Å². The molecule has 1 unspecified atom stereocenters. The molecule has 0 aliphatic carbocycles. The summed E-state index contributed by atoms with van der Waals surface area (Å²) in [4.78, 5) is 31.3. The van der Waals surface area contributed by atoms with E-state index in [0.717, 1.165) is 34.3 Å². The molecule has 0 bridgehead atoms. The standard InChI is InChI=1S/C22H27N3O3S.ClH/c1-5-24(6-2)15(4)21(26)25-17-10-8-9-11-19(17)29-20-13-12-16(14-18(20)25)23-22(27)28-7-3;/h8-15H,5-7H2,1-4H3,(H,23,27);1H. The van der Waals surface area contributed by atoms with Crippen molar-refractivity contribution in [2.24, 2.45) is 0 Å². The van der Waals surface area contributed by atoms with E-state index in [1.54, 1.807) is 23.6 Å². The lowest BCUT2D eigenvalue weighted by Crippen LogP contribution is -2.46. The molecule has 30 heavy (non-hydrogen) atoms. The number of carbonyl (C=O) groups is 2. The van der Waals surface area contributed by atoms with Gasteiger partial charge in [0.15, 0.2) is 0 Å². The van der Waals surface area contributed by atoms with Crippen molar-refractivity contribution in [2.45, 2.75) is 43.5 Å². The first kappa shape index (κ1) is 24.1. The van der Waals surface area contributed by atoms with Crippen molar-refractivity contribution >= 4 is 53.2 Å². The van der Waals surface area contributed by atoms with E-state index in [1.807, 2.05) is 49.4 Å².